The summed E-state index contributed by atoms with van der Waals surface area (Å²) in [5.41, 5.74) is 0.0724. The van der Waals surface area contributed by atoms with E-state index in [9.17, 15) is 0 Å². The third-order valence-electron chi connectivity index (χ3n) is 1.82. The number of ether oxygens (including phenoxy) is 1. The second-order valence-corrected chi connectivity index (χ2v) is 3.26. The zero-order valence-electron chi connectivity index (χ0n) is 7.61. The molecule has 0 heterocycles. The first kappa shape index (κ1) is 9.96. The van der Waals surface area contributed by atoms with Crippen molar-refractivity contribution in [2.24, 2.45) is 0 Å². The summed E-state index contributed by atoms with van der Waals surface area (Å²) in [5, 5.41) is 0. The average Bonchev–Trinajstić information content (AvgIpc) is 1.89. The molecule has 1 nitrogen and oxygen atoms in total. The van der Waals surface area contributed by atoms with E-state index in [0.29, 0.717) is 0 Å². The number of rotatable bonds is 5. The summed E-state index contributed by atoms with van der Waals surface area (Å²) in [4.78, 5) is 0. The largest absolute Gasteiger partial charge is 0.379 e. The molecule has 0 aliphatic rings. The smallest absolute Gasteiger partial charge is 0.0622 e. The Morgan fingerprint density at radius 3 is 2.40 bits per heavy atom. The molecule has 0 aromatic heterocycles. The molecule has 0 atom stereocenters. The highest BCUT2D eigenvalue weighted by Crippen LogP contribution is 2.16. The lowest BCUT2D eigenvalue weighted by Gasteiger charge is -2.22. The number of hydrogen-bond acceptors (Lipinski definition) is 1. The van der Waals surface area contributed by atoms with Crippen molar-refractivity contribution in [1.29, 1.82) is 0 Å². The maximum atomic E-state index is 5.27. The van der Waals surface area contributed by atoms with Crippen LogP contribution in [-0.4, -0.2) is 12.7 Å². The van der Waals surface area contributed by atoms with E-state index in [0.717, 1.165) is 6.42 Å². The summed E-state index contributed by atoms with van der Waals surface area (Å²) >= 11 is 0. The molecule has 0 fully saturated rings. The molecule has 0 saturated heterocycles. The Labute approximate surface area is 64.8 Å². The molecule has 1 radical (unpaired) electrons. The van der Waals surface area contributed by atoms with Crippen molar-refractivity contribution in [1.82, 2.24) is 0 Å². The predicted octanol–water partition coefficient (Wildman–Crippen LogP) is 2.81. The Morgan fingerprint density at radius 2 is 2.00 bits per heavy atom. The molecular weight excluding hydrogens is 124 g/mol. The van der Waals surface area contributed by atoms with E-state index < -0.39 is 0 Å². The van der Waals surface area contributed by atoms with Crippen LogP contribution in [0, 0.1) is 6.42 Å². The van der Waals surface area contributed by atoms with Crippen LogP contribution in [0.3, 0.4) is 0 Å². The van der Waals surface area contributed by atoms with Gasteiger partial charge in [-0.15, -0.1) is 0 Å². The van der Waals surface area contributed by atoms with E-state index in [1.54, 1.807) is 7.11 Å². The van der Waals surface area contributed by atoms with Crippen molar-refractivity contribution >= 4 is 0 Å². The lowest BCUT2D eigenvalue weighted by atomic mass is 10.0. The van der Waals surface area contributed by atoms with Gasteiger partial charge in [0.05, 0.1) is 5.60 Å². The normalized spacial score (nSPS) is 12.0. The standard InChI is InChI=1S/C9H19O/c1-5-6-7-8-9(2,3)10-4/h5H,6-8H2,1-4H3. The van der Waals surface area contributed by atoms with Gasteiger partial charge in [0.15, 0.2) is 0 Å². The van der Waals surface area contributed by atoms with Crippen molar-refractivity contribution in [3.8, 4) is 0 Å². The molecule has 0 N–H and O–H groups in total. The molecule has 0 amide bonds. The number of hydrogen-bond donors (Lipinski definition) is 0. The van der Waals surface area contributed by atoms with Gasteiger partial charge >= 0.3 is 0 Å². The Hall–Kier alpha value is -0.0400. The van der Waals surface area contributed by atoms with Gasteiger partial charge in [-0.2, -0.15) is 0 Å². The molecule has 0 aromatic rings. The van der Waals surface area contributed by atoms with Crippen molar-refractivity contribution < 1.29 is 4.74 Å². The topological polar surface area (TPSA) is 9.23 Å². The van der Waals surface area contributed by atoms with E-state index in [1.165, 1.54) is 12.8 Å². The second kappa shape index (κ2) is 4.73. The van der Waals surface area contributed by atoms with Crippen LogP contribution in [0.5, 0.6) is 0 Å². The Morgan fingerprint density at radius 1 is 1.40 bits per heavy atom. The van der Waals surface area contributed by atoms with Gasteiger partial charge in [-0.3, -0.25) is 0 Å². The third-order valence-corrected chi connectivity index (χ3v) is 1.82. The zero-order valence-corrected chi connectivity index (χ0v) is 7.61. The van der Waals surface area contributed by atoms with Gasteiger partial charge in [-0.25, -0.2) is 0 Å². The molecule has 10 heavy (non-hydrogen) atoms. The van der Waals surface area contributed by atoms with Crippen LogP contribution < -0.4 is 0 Å². The molecule has 1 heteroatoms. The molecule has 0 bridgehead atoms. The molecule has 61 valence electrons. The SMILES string of the molecule is C[CH]CCCC(C)(C)OC. The van der Waals surface area contributed by atoms with Crippen LogP contribution in [0.2, 0.25) is 0 Å². The number of unbranched alkanes of at least 4 members (excludes halogenated alkanes) is 2. The van der Waals surface area contributed by atoms with Gasteiger partial charge < -0.3 is 4.74 Å². The Bertz CT molecular complexity index is 76.8. The minimum absolute atomic E-state index is 0.0724. The van der Waals surface area contributed by atoms with Crippen LogP contribution in [0.25, 0.3) is 0 Å². The molecule has 0 aromatic carbocycles. The van der Waals surface area contributed by atoms with E-state index in [1.807, 2.05) is 0 Å². The summed E-state index contributed by atoms with van der Waals surface area (Å²) in [5.74, 6) is 0. The van der Waals surface area contributed by atoms with Gasteiger partial charge in [0, 0.05) is 7.11 Å². The summed E-state index contributed by atoms with van der Waals surface area (Å²) in [6.45, 7) is 6.35. The van der Waals surface area contributed by atoms with Crippen molar-refractivity contribution in [3.63, 3.8) is 0 Å². The van der Waals surface area contributed by atoms with Gasteiger partial charge in [-0.1, -0.05) is 19.8 Å². The quantitative estimate of drug-likeness (QED) is 0.538. The molecule has 0 aliphatic carbocycles. The fourth-order valence-corrected chi connectivity index (χ4v) is 0.834. The fraction of sp³-hybridized carbons (Fsp3) is 0.889. The Kier molecular flexibility index (Phi) is 4.71. The highest BCUT2D eigenvalue weighted by atomic mass is 16.5. The van der Waals surface area contributed by atoms with Crippen molar-refractivity contribution in [3.05, 3.63) is 6.42 Å². The van der Waals surface area contributed by atoms with Gasteiger partial charge in [0.2, 0.25) is 0 Å². The molecule has 0 unspecified atom stereocenters. The first-order valence-corrected chi connectivity index (χ1v) is 3.95. The molecule has 0 rings (SSSR count). The molecule has 0 spiro atoms. The minimum atomic E-state index is 0.0724. The summed E-state index contributed by atoms with van der Waals surface area (Å²) in [7, 11) is 1.77. The van der Waals surface area contributed by atoms with E-state index in [2.05, 4.69) is 27.2 Å². The van der Waals surface area contributed by atoms with Crippen LogP contribution in [0.4, 0.5) is 0 Å². The predicted molar refractivity (Wildman–Crippen MR) is 44.9 cm³/mol. The lowest BCUT2D eigenvalue weighted by molar-refractivity contribution is 0.0139. The summed E-state index contributed by atoms with van der Waals surface area (Å²) in [6, 6.07) is 0. The maximum absolute atomic E-state index is 5.27. The molecule has 0 aliphatic heterocycles. The van der Waals surface area contributed by atoms with E-state index in [-0.39, 0.29) is 5.60 Å². The monoisotopic (exact) mass is 143 g/mol. The van der Waals surface area contributed by atoms with Gasteiger partial charge in [0.1, 0.15) is 0 Å². The summed E-state index contributed by atoms with van der Waals surface area (Å²) in [6.07, 6.45) is 5.78. The highest BCUT2D eigenvalue weighted by molar-refractivity contribution is 4.69. The van der Waals surface area contributed by atoms with E-state index in [4.69, 9.17) is 4.74 Å². The van der Waals surface area contributed by atoms with Gasteiger partial charge in [-0.05, 0) is 26.7 Å². The zero-order chi connectivity index (χ0) is 8.04. The first-order valence-electron chi connectivity index (χ1n) is 3.95. The lowest BCUT2D eigenvalue weighted by Crippen LogP contribution is -2.21. The van der Waals surface area contributed by atoms with Crippen molar-refractivity contribution in [2.45, 2.75) is 45.6 Å². The van der Waals surface area contributed by atoms with Gasteiger partial charge in [0.25, 0.3) is 0 Å². The van der Waals surface area contributed by atoms with Crippen LogP contribution in [0.15, 0.2) is 0 Å². The summed E-state index contributed by atoms with van der Waals surface area (Å²) < 4.78 is 5.27. The highest BCUT2D eigenvalue weighted by Gasteiger charge is 2.14. The van der Waals surface area contributed by atoms with Crippen LogP contribution in [0.1, 0.15) is 40.0 Å². The maximum Gasteiger partial charge on any atom is 0.0622 e. The Balaban J connectivity index is 3.28. The first-order chi connectivity index (χ1) is 4.62. The number of methoxy groups -OCH3 is 1. The van der Waals surface area contributed by atoms with Crippen LogP contribution in [-0.2, 0) is 4.74 Å². The molecule has 0 saturated carbocycles. The molecular formula is C9H19O. The average molecular weight is 143 g/mol. The van der Waals surface area contributed by atoms with Crippen LogP contribution >= 0.6 is 0 Å². The van der Waals surface area contributed by atoms with E-state index >= 15 is 0 Å². The minimum Gasteiger partial charge on any atom is -0.379 e. The second-order valence-electron chi connectivity index (χ2n) is 3.26. The fourth-order valence-electron chi connectivity index (χ4n) is 0.834. The van der Waals surface area contributed by atoms with Crippen molar-refractivity contribution in [2.75, 3.05) is 7.11 Å². The third kappa shape index (κ3) is 4.80.